The summed E-state index contributed by atoms with van der Waals surface area (Å²) >= 11 is 0. The summed E-state index contributed by atoms with van der Waals surface area (Å²) in [6.07, 6.45) is 7.83. The molecule has 256 valence electrons. The molecule has 7 rings (SSSR count). The molecule has 0 aromatic heterocycles. The predicted molar refractivity (Wildman–Crippen MR) is 172 cm³/mol. The zero-order chi connectivity index (χ0) is 32.3. The smallest absolute Gasteiger partial charge is 0.409 e. The fraction of sp³-hybridized carbons (Fsp3) is 0.973. The molecule has 1 amide bonds. The van der Waals surface area contributed by atoms with Crippen molar-refractivity contribution in [2.24, 2.45) is 56.7 Å². The number of carbonyl (C=O) groups is 1. The highest BCUT2D eigenvalue weighted by atomic mass is 16.7. The van der Waals surface area contributed by atoms with Crippen molar-refractivity contribution in [3.8, 4) is 0 Å². The number of hydrogen-bond donors (Lipinski definition) is 2. The molecule has 7 fully saturated rings. The highest BCUT2D eigenvalue weighted by Crippen LogP contribution is 2.89. The van der Waals surface area contributed by atoms with Gasteiger partial charge in [-0.25, -0.2) is 4.79 Å². The molecule has 2 N–H and O–H groups in total. The topological polar surface area (TPSA) is 89.5 Å². The van der Waals surface area contributed by atoms with Gasteiger partial charge in [-0.15, -0.1) is 0 Å². The van der Waals surface area contributed by atoms with Crippen LogP contribution in [0.1, 0.15) is 99.8 Å². The summed E-state index contributed by atoms with van der Waals surface area (Å²) in [5.41, 5.74) is 0.584. The molecule has 7 aliphatic rings. The number of rotatable bonds is 5. The highest BCUT2D eigenvalue weighted by molar-refractivity contribution is 5.67. The number of morpholine rings is 1. The molecule has 2 heterocycles. The van der Waals surface area contributed by atoms with Gasteiger partial charge in [0.2, 0.25) is 0 Å². The third-order valence-corrected chi connectivity index (χ3v) is 15.6. The standard InChI is InChI=1S/C37H62N2O6/c1-21(2)29(45-32(41)39(8)9)23-18-22(3)28-30(43-23)31(40)35(7)25-11-10-24-33(4,5)26(44-27-19-38-16-17-42-27)12-13-36(24)20-37(25,36)15-14-34(28,35)6/h21-31,38,40H,10-20H2,1-9H3/t22-,23?,24+,25?,26?,27+,28+,29?,30?,31+,34?,35-,36?,37?/m1/s1. The molecular weight excluding hydrogens is 568 g/mol. The number of carbonyl (C=O) groups excluding carboxylic acids is 1. The Hall–Kier alpha value is -0.930. The van der Waals surface area contributed by atoms with Crippen molar-refractivity contribution in [2.75, 3.05) is 33.8 Å². The van der Waals surface area contributed by atoms with Crippen LogP contribution < -0.4 is 5.32 Å². The van der Waals surface area contributed by atoms with Gasteiger partial charge < -0.3 is 34.3 Å². The SMILES string of the molecule is CC(C)C(OC(=O)N(C)C)C1C[C@@H](C)[C@H]2C(O1)[C@H](O)[C@@]1(C)C3CC[C@H]4C(C)(C)C(O[C@H]5CNCCO5)CCC45CC35CCC21C. The molecule has 0 aromatic rings. The maximum atomic E-state index is 12.6. The molecule has 5 aliphatic carbocycles. The van der Waals surface area contributed by atoms with E-state index >= 15 is 0 Å². The van der Waals surface area contributed by atoms with E-state index in [1.165, 1.54) is 37.0 Å². The summed E-state index contributed by atoms with van der Waals surface area (Å²) < 4.78 is 25.7. The fourth-order valence-electron chi connectivity index (χ4n) is 13.4. The van der Waals surface area contributed by atoms with E-state index in [0.29, 0.717) is 34.5 Å². The predicted octanol–water partition coefficient (Wildman–Crippen LogP) is 5.85. The molecule has 45 heavy (non-hydrogen) atoms. The van der Waals surface area contributed by atoms with Crippen molar-refractivity contribution in [2.45, 2.75) is 137 Å². The van der Waals surface area contributed by atoms with Gasteiger partial charge in [-0.3, -0.25) is 0 Å². The Kier molecular flexibility index (Phi) is 7.82. The normalized spacial score (nSPS) is 52.0. The lowest BCUT2D eigenvalue weighted by atomic mass is 9.41. The van der Waals surface area contributed by atoms with Crippen molar-refractivity contribution in [1.82, 2.24) is 10.2 Å². The van der Waals surface area contributed by atoms with Crippen LogP contribution in [-0.2, 0) is 18.9 Å². The molecule has 0 aromatic carbocycles. The van der Waals surface area contributed by atoms with Gasteiger partial charge in [-0.1, -0.05) is 48.5 Å². The Balaban J connectivity index is 1.14. The Labute approximate surface area is 272 Å². The van der Waals surface area contributed by atoms with Gasteiger partial charge in [-0.2, -0.15) is 0 Å². The molecule has 14 atom stereocenters. The monoisotopic (exact) mass is 630 g/mol. The van der Waals surface area contributed by atoms with Crippen LogP contribution in [0, 0.1) is 56.7 Å². The Morgan fingerprint density at radius 1 is 1.02 bits per heavy atom. The van der Waals surface area contributed by atoms with Crippen molar-refractivity contribution in [1.29, 1.82) is 0 Å². The number of amides is 1. The van der Waals surface area contributed by atoms with E-state index in [1.807, 2.05) is 0 Å². The Morgan fingerprint density at radius 2 is 1.73 bits per heavy atom. The minimum absolute atomic E-state index is 0.0167. The number of fused-ring (bicyclic) bond motifs is 4. The molecule has 0 radical (unpaired) electrons. The summed E-state index contributed by atoms with van der Waals surface area (Å²) in [6, 6.07) is 0. The third kappa shape index (κ3) is 4.36. The number of aliphatic hydroxyl groups excluding tert-OH is 1. The maximum Gasteiger partial charge on any atom is 0.409 e. The molecule has 8 nitrogen and oxygen atoms in total. The first-order valence-corrected chi connectivity index (χ1v) is 18.3. The Morgan fingerprint density at radius 3 is 2.40 bits per heavy atom. The van der Waals surface area contributed by atoms with Crippen LogP contribution in [0.15, 0.2) is 0 Å². The van der Waals surface area contributed by atoms with E-state index in [4.69, 9.17) is 18.9 Å². The third-order valence-electron chi connectivity index (χ3n) is 15.6. The van der Waals surface area contributed by atoms with Crippen LogP contribution >= 0.6 is 0 Å². The summed E-state index contributed by atoms with van der Waals surface area (Å²) in [5, 5.41) is 16.0. The first kappa shape index (κ1) is 32.6. The van der Waals surface area contributed by atoms with E-state index in [2.05, 4.69) is 53.8 Å². The minimum Gasteiger partial charge on any atom is -0.443 e. The lowest BCUT2D eigenvalue weighted by Gasteiger charge is -2.63. The Bertz CT molecular complexity index is 1160. The second-order valence-corrected chi connectivity index (χ2v) is 18.2. The van der Waals surface area contributed by atoms with Crippen LogP contribution in [0.3, 0.4) is 0 Å². The zero-order valence-electron chi connectivity index (χ0n) is 29.6. The highest BCUT2D eigenvalue weighted by Gasteiger charge is 2.84. The van der Waals surface area contributed by atoms with E-state index in [1.54, 1.807) is 14.1 Å². The quantitative estimate of drug-likeness (QED) is 0.394. The largest absolute Gasteiger partial charge is 0.443 e. The second kappa shape index (κ2) is 10.8. The first-order valence-electron chi connectivity index (χ1n) is 18.3. The second-order valence-electron chi connectivity index (χ2n) is 18.2. The van der Waals surface area contributed by atoms with Gasteiger partial charge in [0, 0.05) is 32.6 Å². The summed E-state index contributed by atoms with van der Waals surface area (Å²) in [5.74, 6) is 1.96. The fourth-order valence-corrected chi connectivity index (χ4v) is 13.4. The average molecular weight is 631 g/mol. The molecule has 2 saturated heterocycles. The number of nitrogens with zero attached hydrogens (tertiary/aromatic N) is 1. The van der Waals surface area contributed by atoms with Gasteiger partial charge in [0.25, 0.3) is 0 Å². The van der Waals surface area contributed by atoms with E-state index in [0.717, 1.165) is 39.0 Å². The summed E-state index contributed by atoms with van der Waals surface area (Å²) in [6.45, 7) is 18.9. The van der Waals surface area contributed by atoms with Crippen LogP contribution in [0.5, 0.6) is 0 Å². The van der Waals surface area contributed by atoms with Gasteiger partial charge in [0.1, 0.15) is 6.10 Å². The lowest BCUT2D eigenvalue weighted by Crippen LogP contribution is -2.60. The molecule has 8 heteroatoms. The number of ether oxygens (including phenoxy) is 4. The van der Waals surface area contributed by atoms with Crippen molar-refractivity contribution < 1.29 is 28.8 Å². The number of nitrogens with one attached hydrogen (secondary N) is 1. The van der Waals surface area contributed by atoms with Gasteiger partial charge >= 0.3 is 6.09 Å². The van der Waals surface area contributed by atoms with E-state index < -0.39 is 6.10 Å². The van der Waals surface area contributed by atoms with Crippen LogP contribution in [-0.4, -0.2) is 86.7 Å². The van der Waals surface area contributed by atoms with Crippen LogP contribution in [0.4, 0.5) is 4.79 Å². The van der Waals surface area contributed by atoms with Crippen molar-refractivity contribution in [3.05, 3.63) is 0 Å². The van der Waals surface area contributed by atoms with Crippen LogP contribution in [0.25, 0.3) is 0 Å². The summed E-state index contributed by atoms with van der Waals surface area (Å²) in [4.78, 5) is 14.1. The number of hydrogen-bond acceptors (Lipinski definition) is 7. The number of aliphatic hydroxyl groups is 1. The lowest BCUT2D eigenvalue weighted by molar-refractivity contribution is -0.237. The molecule has 2 spiro atoms. The molecule has 8 unspecified atom stereocenters. The average Bonchev–Trinajstić information content (AvgIpc) is 3.62. The molecule has 2 aliphatic heterocycles. The molecular formula is C37H62N2O6. The van der Waals surface area contributed by atoms with E-state index in [-0.39, 0.29) is 59.0 Å². The van der Waals surface area contributed by atoms with Gasteiger partial charge in [0.05, 0.1) is 31.0 Å². The minimum atomic E-state index is -0.518. The molecule has 0 bridgehead atoms. The summed E-state index contributed by atoms with van der Waals surface area (Å²) in [7, 11) is 3.46. The van der Waals surface area contributed by atoms with Crippen molar-refractivity contribution >= 4 is 6.09 Å². The molecule has 5 saturated carbocycles. The first-order chi connectivity index (χ1) is 21.1. The maximum absolute atomic E-state index is 12.6. The van der Waals surface area contributed by atoms with Gasteiger partial charge in [0.15, 0.2) is 6.29 Å². The van der Waals surface area contributed by atoms with Crippen LogP contribution in [0.2, 0.25) is 0 Å². The zero-order valence-corrected chi connectivity index (χ0v) is 29.6. The van der Waals surface area contributed by atoms with Gasteiger partial charge in [-0.05, 0) is 103 Å². The van der Waals surface area contributed by atoms with Crippen molar-refractivity contribution in [3.63, 3.8) is 0 Å². The van der Waals surface area contributed by atoms with E-state index in [9.17, 15) is 9.90 Å².